The van der Waals surface area contributed by atoms with E-state index < -0.39 is 0 Å². The lowest BCUT2D eigenvalue weighted by molar-refractivity contribution is 0.240. The zero-order valence-corrected chi connectivity index (χ0v) is 8.66. The zero-order valence-electron chi connectivity index (χ0n) is 8.66. The summed E-state index contributed by atoms with van der Waals surface area (Å²) in [4.78, 5) is 7.14. The van der Waals surface area contributed by atoms with Gasteiger partial charge < -0.3 is 0 Å². The Bertz CT molecular complexity index is 359. The normalized spacial score (nSPS) is 25.9. The van der Waals surface area contributed by atoms with Gasteiger partial charge in [-0.1, -0.05) is 0 Å². The third kappa shape index (κ3) is 1.10. The van der Waals surface area contributed by atoms with Crippen LogP contribution in [0.1, 0.15) is 35.7 Å². The smallest absolute Gasteiger partial charge is 0.0466 e. The van der Waals surface area contributed by atoms with Crippen LogP contribution in [0.2, 0.25) is 0 Å². The molecule has 2 aliphatic rings. The van der Waals surface area contributed by atoms with Crippen LogP contribution in [-0.2, 0) is 6.42 Å². The maximum Gasteiger partial charge on any atom is 0.0466 e. The Morgan fingerprint density at radius 2 is 2.36 bits per heavy atom. The van der Waals surface area contributed by atoms with Crippen LogP contribution >= 0.6 is 0 Å². The second-order valence-corrected chi connectivity index (χ2v) is 4.43. The van der Waals surface area contributed by atoms with Crippen LogP contribution in [0.4, 0.5) is 0 Å². The third-order valence-corrected chi connectivity index (χ3v) is 3.62. The first-order valence-corrected chi connectivity index (χ1v) is 5.54. The van der Waals surface area contributed by atoms with E-state index in [1.54, 1.807) is 0 Å². The van der Waals surface area contributed by atoms with Crippen molar-refractivity contribution in [2.75, 3.05) is 13.1 Å². The molecule has 0 saturated carbocycles. The van der Waals surface area contributed by atoms with E-state index in [1.807, 2.05) is 6.20 Å². The Hall–Kier alpha value is -0.890. The van der Waals surface area contributed by atoms with E-state index in [4.69, 9.17) is 0 Å². The molecule has 74 valence electrons. The van der Waals surface area contributed by atoms with Crippen LogP contribution in [0, 0.1) is 6.92 Å². The summed E-state index contributed by atoms with van der Waals surface area (Å²) in [5.74, 6) is 0. The molecule has 0 spiro atoms. The van der Waals surface area contributed by atoms with E-state index in [9.17, 15) is 0 Å². The summed E-state index contributed by atoms with van der Waals surface area (Å²) in [6.07, 6.45) is 5.80. The third-order valence-electron chi connectivity index (χ3n) is 3.62. The van der Waals surface area contributed by atoms with Gasteiger partial charge in [0.05, 0.1) is 0 Å². The second kappa shape index (κ2) is 3.06. The fraction of sp³-hybridized carbons (Fsp3) is 0.583. The van der Waals surface area contributed by atoms with E-state index in [1.165, 1.54) is 42.8 Å². The molecule has 0 aliphatic carbocycles. The average Bonchev–Trinajstić information content (AvgIpc) is 2.65. The maximum absolute atomic E-state index is 4.51. The Balaban J connectivity index is 2.11. The SMILES string of the molecule is Cc1ccnc2c1C1CCCN1CC2. The fourth-order valence-corrected chi connectivity index (χ4v) is 2.95. The highest BCUT2D eigenvalue weighted by Gasteiger charge is 2.32. The van der Waals surface area contributed by atoms with Gasteiger partial charge in [-0.25, -0.2) is 0 Å². The number of fused-ring (bicyclic) bond motifs is 3. The van der Waals surface area contributed by atoms with Gasteiger partial charge in [-0.05, 0) is 43.5 Å². The number of rotatable bonds is 0. The largest absolute Gasteiger partial charge is 0.296 e. The molecule has 3 heterocycles. The first-order valence-electron chi connectivity index (χ1n) is 5.54. The van der Waals surface area contributed by atoms with Gasteiger partial charge >= 0.3 is 0 Å². The Morgan fingerprint density at radius 1 is 1.43 bits per heavy atom. The van der Waals surface area contributed by atoms with Crippen molar-refractivity contribution < 1.29 is 0 Å². The molecule has 1 saturated heterocycles. The molecule has 1 atom stereocenters. The summed E-state index contributed by atoms with van der Waals surface area (Å²) >= 11 is 0. The number of aromatic nitrogens is 1. The molecule has 1 aromatic rings. The number of aryl methyl sites for hydroxylation is 1. The lowest BCUT2D eigenvalue weighted by Gasteiger charge is -2.32. The van der Waals surface area contributed by atoms with Gasteiger partial charge in [0.15, 0.2) is 0 Å². The Kier molecular flexibility index (Phi) is 1.84. The molecule has 1 unspecified atom stereocenters. The molecule has 2 heteroatoms. The van der Waals surface area contributed by atoms with E-state index in [2.05, 4.69) is 22.9 Å². The van der Waals surface area contributed by atoms with Crippen molar-refractivity contribution in [2.45, 2.75) is 32.2 Å². The number of hydrogen-bond donors (Lipinski definition) is 0. The van der Waals surface area contributed by atoms with Gasteiger partial charge in [0.25, 0.3) is 0 Å². The minimum atomic E-state index is 0.687. The maximum atomic E-state index is 4.51. The molecular formula is C12H16N2. The van der Waals surface area contributed by atoms with Gasteiger partial charge in [0.2, 0.25) is 0 Å². The summed E-state index contributed by atoms with van der Waals surface area (Å²) < 4.78 is 0. The lowest BCUT2D eigenvalue weighted by atomic mass is 9.93. The van der Waals surface area contributed by atoms with Crippen LogP contribution in [0.25, 0.3) is 0 Å². The quantitative estimate of drug-likeness (QED) is 0.619. The van der Waals surface area contributed by atoms with E-state index in [-0.39, 0.29) is 0 Å². The van der Waals surface area contributed by atoms with Gasteiger partial charge in [-0.2, -0.15) is 0 Å². The monoisotopic (exact) mass is 188 g/mol. The molecule has 0 aromatic carbocycles. The van der Waals surface area contributed by atoms with Crippen LogP contribution in [0.15, 0.2) is 12.3 Å². The van der Waals surface area contributed by atoms with Crippen LogP contribution in [0.3, 0.4) is 0 Å². The average molecular weight is 188 g/mol. The number of pyridine rings is 1. The topological polar surface area (TPSA) is 16.1 Å². The van der Waals surface area contributed by atoms with Gasteiger partial charge in [0, 0.05) is 30.9 Å². The molecule has 3 rings (SSSR count). The first-order chi connectivity index (χ1) is 6.86. The van der Waals surface area contributed by atoms with Crippen molar-refractivity contribution in [1.82, 2.24) is 9.88 Å². The minimum Gasteiger partial charge on any atom is -0.296 e. The molecule has 0 amide bonds. The molecule has 1 fully saturated rings. The van der Waals surface area contributed by atoms with Gasteiger partial charge in [0.1, 0.15) is 0 Å². The second-order valence-electron chi connectivity index (χ2n) is 4.43. The van der Waals surface area contributed by atoms with Crippen LogP contribution < -0.4 is 0 Å². The molecule has 2 aliphatic heterocycles. The van der Waals surface area contributed by atoms with Crippen molar-refractivity contribution in [3.63, 3.8) is 0 Å². The van der Waals surface area contributed by atoms with Crippen molar-refractivity contribution in [3.05, 3.63) is 29.1 Å². The van der Waals surface area contributed by atoms with E-state index in [0.717, 1.165) is 6.42 Å². The lowest BCUT2D eigenvalue weighted by Crippen LogP contribution is -2.32. The van der Waals surface area contributed by atoms with Crippen LogP contribution in [0.5, 0.6) is 0 Å². The Labute approximate surface area is 85.0 Å². The highest BCUT2D eigenvalue weighted by Crippen LogP contribution is 2.38. The standard InChI is InChI=1S/C12H16N2/c1-9-4-6-13-10-5-8-14-7-2-3-11(14)12(9)10/h4,6,11H,2-3,5,7-8H2,1H3. The molecule has 0 radical (unpaired) electrons. The highest BCUT2D eigenvalue weighted by molar-refractivity contribution is 5.34. The molecule has 14 heavy (non-hydrogen) atoms. The van der Waals surface area contributed by atoms with Crippen molar-refractivity contribution in [2.24, 2.45) is 0 Å². The summed E-state index contributed by atoms with van der Waals surface area (Å²) in [5, 5.41) is 0. The minimum absolute atomic E-state index is 0.687. The number of nitrogens with zero attached hydrogens (tertiary/aromatic N) is 2. The highest BCUT2D eigenvalue weighted by atomic mass is 15.2. The number of hydrogen-bond acceptors (Lipinski definition) is 2. The van der Waals surface area contributed by atoms with Gasteiger partial charge in [-0.3, -0.25) is 9.88 Å². The molecule has 0 N–H and O–H groups in total. The predicted octanol–water partition coefficient (Wildman–Crippen LogP) is 2.08. The van der Waals surface area contributed by atoms with E-state index in [0.29, 0.717) is 6.04 Å². The fourth-order valence-electron chi connectivity index (χ4n) is 2.95. The van der Waals surface area contributed by atoms with Crippen LogP contribution in [-0.4, -0.2) is 23.0 Å². The molecule has 1 aromatic heterocycles. The Morgan fingerprint density at radius 3 is 3.29 bits per heavy atom. The summed E-state index contributed by atoms with van der Waals surface area (Å²) in [5.41, 5.74) is 4.33. The summed E-state index contributed by atoms with van der Waals surface area (Å²) in [7, 11) is 0. The van der Waals surface area contributed by atoms with Crippen molar-refractivity contribution in [1.29, 1.82) is 0 Å². The summed E-state index contributed by atoms with van der Waals surface area (Å²) in [6.45, 7) is 4.73. The van der Waals surface area contributed by atoms with Gasteiger partial charge in [-0.15, -0.1) is 0 Å². The summed E-state index contributed by atoms with van der Waals surface area (Å²) in [6, 6.07) is 2.84. The first kappa shape index (κ1) is 8.42. The van der Waals surface area contributed by atoms with Crippen molar-refractivity contribution >= 4 is 0 Å². The molecule has 0 bridgehead atoms. The zero-order chi connectivity index (χ0) is 9.54. The molecular weight excluding hydrogens is 172 g/mol. The molecule has 2 nitrogen and oxygen atoms in total. The van der Waals surface area contributed by atoms with E-state index >= 15 is 0 Å². The van der Waals surface area contributed by atoms with Crippen molar-refractivity contribution in [3.8, 4) is 0 Å². The predicted molar refractivity (Wildman–Crippen MR) is 56.2 cm³/mol.